The van der Waals surface area contributed by atoms with E-state index in [-0.39, 0.29) is 16.8 Å². The van der Waals surface area contributed by atoms with E-state index in [0.717, 1.165) is 44.8 Å². The Morgan fingerprint density at radius 1 is 1.29 bits per heavy atom. The third-order valence-electron chi connectivity index (χ3n) is 3.99. The van der Waals surface area contributed by atoms with Crippen LogP contribution in [-0.2, 0) is 14.3 Å². The molecule has 0 amide bonds. The number of esters is 1. The summed E-state index contributed by atoms with van der Waals surface area (Å²) in [6.45, 7) is 0. The zero-order valence-corrected chi connectivity index (χ0v) is 8.54. The van der Waals surface area contributed by atoms with Crippen molar-refractivity contribution in [3.63, 3.8) is 0 Å². The molecule has 3 nitrogen and oxygen atoms in total. The van der Waals surface area contributed by atoms with Crippen molar-refractivity contribution in [2.24, 2.45) is 10.8 Å². The number of rotatable bonds is 2. The van der Waals surface area contributed by atoms with Crippen molar-refractivity contribution < 1.29 is 14.3 Å². The van der Waals surface area contributed by atoms with Crippen molar-refractivity contribution in [2.75, 3.05) is 7.11 Å². The summed E-state index contributed by atoms with van der Waals surface area (Å²) in [7, 11) is 1.44. The highest BCUT2D eigenvalue weighted by atomic mass is 16.5. The van der Waals surface area contributed by atoms with Crippen LogP contribution in [0.4, 0.5) is 0 Å². The smallest absolute Gasteiger partial charge is 0.311 e. The molecule has 2 fully saturated rings. The molecule has 2 bridgehead atoms. The second-order valence-electron chi connectivity index (χ2n) is 4.78. The van der Waals surface area contributed by atoms with Gasteiger partial charge in [0.15, 0.2) is 0 Å². The Balaban J connectivity index is 2.24. The second kappa shape index (κ2) is 3.07. The zero-order valence-electron chi connectivity index (χ0n) is 8.54. The van der Waals surface area contributed by atoms with Gasteiger partial charge in [0.25, 0.3) is 0 Å². The quantitative estimate of drug-likeness (QED) is 0.498. The van der Waals surface area contributed by atoms with Crippen molar-refractivity contribution in [2.45, 2.75) is 38.5 Å². The fourth-order valence-electron chi connectivity index (χ4n) is 3.20. The molecule has 0 radical (unpaired) electrons. The number of methoxy groups -OCH3 is 1. The summed E-state index contributed by atoms with van der Waals surface area (Å²) in [5.41, 5.74) is -0.527. The Hall–Kier alpha value is -0.860. The monoisotopic (exact) mass is 196 g/mol. The molecule has 0 N–H and O–H groups in total. The SMILES string of the molecule is COC(=O)C12CCCC(C=O)(CC1)C2. The highest BCUT2D eigenvalue weighted by Gasteiger charge is 2.55. The summed E-state index contributed by atoms with van der Waals surface area (Å²) in [5.74, 6) is -0.110. The Kier molecular flexibility index (Phi) is 2.13. The first-order valence-corrected chi connectivity index (χ1v) is 5.21. The number of carbonyl (C=O) groups excluding carboxylic acids is 2. The largest absolute Gasteiger partial charge is 0.469 e. The molecule has 2 aliphatic rings. The van der Waals surface area contributed by atoms with E-state index >= 15 is 0 Å². The molecular formula is C11H16O3. The Morgan fingerprint density at radius 2 is 2.07 bits per heavy atom. The van der Waals surface area contributed by atoms with Crippen LogP contribution >= 0.6 is 0 Å². The van der Waals surface area contributed by atoms with Crippen LogP contribution in [0.15, 0.2) is 0 Å². The number of carbonyl (C=O) groups is 2. The lowest BCUT2D eigenvalue weighted by atomic mass is 9.69. The van der Waals surface area contributed by atoms with Gasteiger partial charge >= 0.3 is 5.97 Å². The number of hydrogen-bond acceptors (Lipinski definition) is 3. The van der Waals surface area contributed by atoms with E-state index in [0.29, 0.717) is 0 Å². The van der Waals surface area contributed by atoms with E-state index in [9.17, 15) is 9.59 Å². The molecule has 78 valence electrons. The third-order valence-corrected chi connectivity index (χ3v) is 3.99. The van der Waals surface area contributed by atoms with Gasteiger partial charge in [-0.15, -0.1) is 0 Å². The first-order valence-electron chi connectivity index (χ1n) is 5.21. The van der Waals surface area contributed by atoms with Gasteiger partial charge < -0.3 is 9.53 Å². The lowest BCUT2D eigenvalue weighted by Gasteiger charge is -2.34. The minimum Gasteiger partial charge on any atom is -0.469 e. The summed E-state index contributed by atoms with van der Waals surface area (Å²) >= 11 is 0. The lowest BCUT2D eigenvalue weighted by Crippen LogP contribution is -2.35. The maximum absolute atomic E-state index is 11.7. The van der Waals surface area contributed by atoms with Crippen molar-refractivity contribution in [1.82, 2.24) is 0 Å². The van der Waals surface area contributed by atoms with Gasteiger partial charge in [-0.05, 0) is 32.1 Å². The molecule has 3 heteroatoms. The van der Waals surface area contributed by atoms with Gasteiger partial charge in [-0.2, -0.15) is 0 Å². The molecule has 2 saturated carbocycles. The van der Waals surface area contributed by atoms with Crippen LogP contribution in [0.5, 0.6) is 0 Å². The van der Waals surface area contributed by atoms with Gasteiger partial charge in [0.2, 0.25) is 0 Å². The summed E-state index contributed by atoms with van der Waals surface area (Å²) in [4.78, 5) is 22.7. The maximum Gasteiger partial charge on any atom is 0.311 e. The van der Waals surface area contributed by atoms with Gasteiger partial charge in [-0.25, -0.2) is 0 Å². The molecule has 0 aromatic rings. The van der Waals surface area contributed by atoms with E-state index in [2.05, 4.69) is 0 Å². The van der Waals surface area contributed by atoms with Crippen LogP contribution in [0.2, 0.25) is 0 Å². The molecule has 14 heavy (non-hydrogen) atoms. The molecule has 2 unspecified atom stereocenters. The van der Waals surface area contributed by atoms with Crippen LogP contribution < -0.4 is 0 Å². The van der Waals surface area contributed by atoms with Gasteiger partial charge in [0.1, 0.15) is 6.29 Å². The summed E-state index contributed by atoms with van der Waals surface area (Å²) < 4.78 is 4.85. The number of hydrogen-bond donors (Lipinski definition) is 0. The predicted octanol–water partition coefficient (Wildman–Crippen LogP) is 1.70. The van der Waals surface area contributed by atoms with Gasteiger partial charge in [-0.3, -0.25) is 4.79 Å². The van der Waals surface area contributed by atoms with Crippen LogP contribution in [0.1, 0.15) is 38.5 Å². The van der Waals surface area contributed by atoms with E-state index in [4.69, 9.17) is 4.74 Å². The second-order valence-corrected chi connectivity index (χ2v) is 4.78. The minimum absolute atomic E-state index is 0.110. The average Bonchev–Trinajstić information content (AvgIpc) is 2.51. The van der Waals surface area contributed by atoms with E-state index in [1.807, 2.05) is 0 Å². The highest BCUT2D eigenvalue weighted by Crippen LogP contribution is 2.57. The summed E-state index contributed by atoms with van der Waals surface area (Å²) in [6.07, 6.45) is 6.31. The molecule has 0 aliphatic heterocycles. The van der Waals surface area contributed by atoms with Gasteiger partial charge in [-0.1, -0.05) is 6.42 Å². The number of fused-ring (bicyclic) bond motifs is 2. The molecule has 0 aromatic carbocycles. The van der Waals surface area contributed by atoms with Gasteiger partial charge in [0.05, 0.1) is 12.5 Å². The summed E-state index contributed by atoms with van der Waals surface area (Å²) in [6, 6.07) is 0. The Bertz CT molecular complexity index is 274. The molecule has 0 saturated heterocycles. The van der Waals surface area contributed by atoms with Crippen LogP contribution in [0.25, 0.3) is 0 Å². The van der Waals surface area contributed by atoms with Crippen molar-refractivity contribution >= 4 is 12.3 Å². The zero-order chi connectivity index (χ0) is 10.2. The van der Waals surface area contributed by atoms with Crippen molar-refractivity contribution in [3.05, 3.63) is 0 Å². The standard InChI is InChI=1S/C11H16O3/c1-14-9(13)11-4-2-3-10(7-11,8-12)5-6-11/h8H,2-7H2,1H3. The van der Waals surface area contributed by atoms with E-state index in [1.165, 1.54) is 7.11 Å². The Morgan fingerprint density at radius 3 is 2.71 bits per heavy atom. The van der Waals surface area contributed by atoms with Crippen LogP contribution in [0, 0.1) is 10.8 Å². The summed E-state index contributed by atoms with van der Waals surface area (Å²) in [5, 5.41) is 0. The number of ether oxygens (including phenoxy) is 1. The molecule has 0 aromatic heterocycles. The van der Waals surface area contributed by atoms with Crippen LogP contribution in [0.3, 0.4) is 0 Å². The lowest BCUT2D eigenvalue weighted by molar-refractivity contribution is -0.154. The minimum atomic E-state index is -0.325. The maximum atomic E-state index is 11.7. The Labute approximate surface area is 83.8 Å². The first-order chi connectivity index (χ1) is 6.66. The first kappa shape index (κ1) is 9.69. The molecule has 2 rings (SSSR count). The molecule has 2 atom stereocenters. The number of aldehydes is 1. The molecular weight excluding hydrogens is 180 g/mol. The van der Waals surface area contributed by atoms with Crippen molar-refractivity contribution in [3.8, 4) is 0 Å². The van der Waals surface area contributed by atoms with E-state index < -0.39 is 0 Å². The fraction of sp³-hybridized carbons (Fsp3) is 0.818. The molecule has 0 heterocycles. The average molecular weight is 196 g/mol. The predicted molar refractivity (Wildman–Crippen MR) is 50.6 cm³/mol. The fourth-order valence-corrected chi connectivity index (χ4v) is 3.20. The molecule has 2 aliphatic carbocycles. The van der Waals surface area contributed by atoms with Crippen molar-refractivity contribution in [1.29, 1.82) is 0 Å². The van der Waals surface area contributed by atoms with E-state index in [1.54, 1.807) is 0 Å². The topological polar surface area (TPSA) is 43.4 Å². The van der Waals surface area contributed by atoms with Gasteiger partial charge in [0, 0.05) is 5.41 Å². The molecule has 0 spiro atoms. The normalized spacial score (nSPS) is 40.6. The third kappa shape index (κ3) is 1.18. The van der Waals surface area contributed by atoms with Crippen LogP contribution in [-0.4, -0.2) is 19.4 Å². The highest BCUT2D eigenvalue weighted by molar-refractivity contribution is 5.79.